The van der Waals surface area contributed by atoms with Gasteiger partial charge in [-0.1, -0.05) is 207 Å². The van der Waals surface area contributed by atoms with Crippen molar-refractivity contribution in [3.8, 4) is 0 Å². The number of aliphatic hydroxyl groups excluding tert-OH is 5. The zero-order valence-electron chi connectivity index (χ0n) is 40.8. The molecule has 1 amide bonds. The first-order chi connectivity index (χ1) is 32.2. The average Bonchev–Trinajstić information content (AvgIpc) is 3.31. The molecule has 1 heterocycles. The van der Waals surface area contributed by atoms with E-state index < -0.39 is 67.4 Å². The number of carbonyl (C=O) groups is 2. The van der Waals surface area contributed by atoms with Gasteiger partial charge in [0, 0.05) is 6.42 Å². The molecule has 8 unspecified atom stereocenters. The highest BCUT2D eigenvalue weighted by Gasteiger charge is 2.47. The van der Waals surface area contributed by atoms with Gasteiger partial charge in [-0.05, 0) is 57.8 Å². The minimum Gasteiger partial charge on any atom is -0.454 e. The number of allylic oxidation sites excluding steroid dienone is 17. The molecule has 1 aliphatic heterocycles. The van der Waals surface area contributed by atoms with E-state index in [0.717, 1.165) is 64.2 Å². The van der Waals surface area contributed by atoms with Crippen LogP contribution >= 0.6 is 0 Å². The van der Waals surface area contributed by atoms with Crippen molar-refractivity contribution < 1.29 is 49.3 Å². The molecule has 1 rings (SSSR count). The number of unbranched alkanes of at least 4 members (excludes halogenated alkanes) is 15. The van der Waals surface area contributed by atoms with Crippen LogP contribution in [0.3, 0.4) is 0 Å². The van der Waals surface area contributed by atoms with Crippen LogP contribution in [0.1, 0.15) is 162 Å². The van der Waals surface area contributed by atoms with Crippen LogP contribution in [-0.2, 0) is 23.8 Å². The number of hydrogen-bond donors (Lipinski definition) is 6. The van der Waals surface area contributed by atoms with Crippen molar-refractivity contribution in [3.05, 3.63) is 109 Å². The molecule has 0 aromatic rings. The molecule has 0 aliphatic carbocycles. The highest BCUT2D eigenvalue weighted by atomic mass is 16.7. The van der Waals surface area contributed by atoms with E-state index in [1.165, 1.54) is 44.9 Å². The predicted molar refractivity (Wildman–Crippen MR) is 268 cm³/mol. The lowest BCUT2D eigenvalue weighted by Gasteiger charge is -2.41. The Morgan fingerprint density at radius 1 is 0.606 bits per heavy atom. The fourth-order valence-electron chi connectivity index (χ4n) is 7.09. The van der Waals surface area contributed by atoms with Gasteiger partial charge in [0.1, 0.15) is 24.4 Å². The molecule has 0 aromatic heterocycles. The molecule has 1 saturated heterocycles. The Morgan fingerprint density at radius 2 is 1.09 bits per heavy atom. The molecule has 0 aromatic carbocycles. The Bertz CT molecular complexity index is 1480. The average molecular weight is 924 g/mol. The molecule has 66 heavy (non-hydrogen) atoms. The predicted octanol–water partition coefficient (Wildman–Crippen LogP) is 10.2. The number of esters is 1. The van der Waals surface area contributed by atoms with Crippen molar-refractivity contribution in [2.75, 3.05) is 13.2 Å². The van der Waals surface area contributed by atoms with Gasteiger partial charge in [0.25, 0.3) is 0 Å². The van der Waals surface area contributed by atoms with Crippen LogP contribution in [0.25, 0.3) is 0 Å². The number of amides is 1. The molecule has 6 N–H and O–H groups in total. The summed E-state index contributed by atoms with van der Waals surface area (Å²) in [7, 11) is 0. The summed E-state index contributed by atoms with van der Waals surface area (Å²) in [5, 5.41) is 56.5. The smallest absolute Gasteiger partial charge is 0.306 e. The normalized spacial score (nSPS) is 21.1. The Labute approximate surface area is 398 Å². The zero-order valence-corrected chi connectivity index (χ0v) is 40.8. The third-order valence-electron chi connectivity index (χ3n) is 11.1. The first-order valence-electron chi connectivity index (χ1n) is 25.3. The van der Waals surface area contributed by atoms with Gasteiger partial charge in [0.2, 0.25) is 5.91 Å². The maximum absolute atomic E-state index is 13.3. The Morgan fingerprint density at radius 3 is 1.64 bits per heavy atom. The van der Waals surface area contributed by atoms with E-state index >= 15 is 0 Å². The van der Waals surface area contributed by atoms with E-state index in [0.29, 0.717) is 19.3 Å². The second-order valence-corrected chi connectivity index (χ2v) is 17.0. The minimum absolute atomic E-state index is 0.0183. The number of ether oxygens (including phenoxy) is 3. The molecular formula is C55H89NO10. The maximum Gasteiger partial charge on any atom is 0.306 e. The summed E-state index contributed by atoms with van der Waals surface area (Å²) in [5.74, 6) is -1.31. The minimum atomic E-state index is -1.65. The van der Waals surface area contributed by atoms with Crippen LogP contribution in [0.2, 0.25) is 0 Å². The van der Waals surface area contributed by atoms with E-state index in [9.17, 15) is 35.1 Å². The van der Waals surface area contributed by atoms with Crippen LogP contribution in [0.15, 0.2) is 109 Å². The molecule has 0 radical (unpaired) electrons. The SMILES string of the molecule is CC/C=C/C=C/C=C\C=C/C=C/CCCC(=O)OC1C(OCC(NC(=O)C(O)CCCCCC\C=C/C=C/C=C/CC)C(O)/C=C/CCCCCCCCCCCC)OC(CO)C(O)C1O. The van der Waals surface area contributed by atoms with Gasteiger partial charge in [-0.15, -0.1) is 0 Å². The van der Waals surface area contributed by atoms with E-state index in [2.05, 4.69) is 44.3 Å². The fraction of sp³-hybridized carbons (Fsp3) is 0.636. The molecule has 11 nitrogen and oxygen atoms in total. The summed E-state index contributed by atoms with van der Waals surface area (Å²) >= 11 is 0. The monoisotopic (exact) mass is 924 g/mol. The first kappa shape index (κ1) is 60.3. The van der Waals surface area contributed by atoms with E-state index in [1.54, 1.807) is 6.08 Å². The molecule has 0 saturated carbocycles. The van der Waals surface area contributed by atoms with Crippen LogP contribution in [0.5, 0.6) is 0 Å². The van der Waals surface area contributed by atoms with Gasteiger partial charge in [-0.2, -0.15) is 0 Å². The Balaban J connectivity index is 2.87. The maximum atomic E-state index is 13.3. The van der Waals surface area contributed by atoms with Crippen molar-refractivity contribution in [1.29, 1.82) is 0 Å². The molecule has 0 spiro atoms. The van der Waals surface area contributed by atoms with Gasteiger partial charge in [-0.3, -0.25) is 9.59 Å². The summed E-state index contributed by atoms with van der Waals surface area (Å²) in [5.41, 5.74) is 0. The van der Waals surface area contributed by atoms with E-state index in [4.69, 9.17) is 14.2 Å². The van der Waals surface area contributed by atoms with Crippen molar-refractivity contribution in [3.63, 3.8) is 0 Å². The lowest BCUT2D eigenvalue weighted by molar-refractivity contribution is -0.305. The van der Waals surface area contributed by atoms with Gasteiger partial charge in [0.15, 0.2) is 12.4 Å². The second-order valence-electron chi connectivity index (χ2n) is 17.0. The van der Waals surface area contributed by atoms with Crippen LogP contribution in [-0.4, -0.2) is 99.6 Å². The Kier molecular flexibility index (Phi) is 39.0. The molecular weight excluding hydrogens is 835 g/mol. The summed E-state index contributed by atoms with van der Waals surface area (Å²) in [4.78, 5) is 26.3. The summed E-state index contributed by atoms with van der Waals surface area (Å²) in [6.07, 6.45) is 45.9. The molecule has 1 aliphatic rings. The molecule has 11 heteroatoms. The standard InChI is InChI=1S/C55H89NO10/c1-4-7-10-13-16-19-22-25-28-31-34-37-40-43-50(60)66-53-52(62)51(61)49(44-57)65-55(53)64-45-46(47(58)41-38-35-32-29-26-23-20-17-14-11-8-5-2)56-54(63)48(59)42-39-36-33-30-27-24-21-18-15-12-9-6-3/h7,9-10,12-13,15-16,18-19,21-22,24-25,28,31,34,38,41,46-49,51-53,55,57-59,61-62H,4-6,8,11,14,17,20,23,26-27,29-30,32-33,35-37,39-40,42-45H2,1-3H3,(H,56,63)/b10-7+,12-9+,16-13+,18-15+,22-19-,24-21-,28-25-,34-31+,41-38+. The summed E-state index contributed by atoms with van der Waals surface area (Å²) < 4.78 is 17.4. The van der Waals surface area contributed by atoms with Crippen LogP contribution in [0, 0.1) is 0 Å². The van der Waals surface area contributed by atoms with Gasteiger partial charge < -0.3 is 45.1 Å². The topological polar surface area (TPSA) is 175 Å². The molecule has 374 valence electrons. The number of aliphatic hydroxyl groups is 5. The number of carbonyl (C=O) groups excluding carboxylic acids is 2. The highest BCUT2D eigenvalue weighted by molar-refractivity contribution is 5.80. The van der Waals surface area contributed by atoms with Crippen molar-refractivity contribution in [2.24, 2.45) is 0 Å². The lowest BCUT2D eigenvalue weighted by atomic mass is 9.99. The van der Waals surface area contributed by atoms with Crippen molar-refractivity contribution >= 4 is 11.9 Å². The molecule has 1 fully saturated rings. The van der Waals surface area contributed by atoms with Gasteiger partial charge in [0.05, 0.1) is 25.4 Å². The third-order valence-corrected chi connectivity index (χ3v) is 11.1. The van der Waals surface area contributed by atoms with Crippen molar-refractivity contribution in [1.82, 2.24) is 5.32 Å². The summed E-state index contributed by atoms with van der Waals surface area (Å²) in [6, 6.07) is -1.05. The quantitative estimate of drug-likeness (QED) is 0.0151. The fourth-order valence-corrected chi connectivity index (χ4v) is 7.09. The van der Waals surface area contributed by atoms with E-state index in [1.807, 2.05) is 85.1 Å². The van der Waals surface area contributed by atoms with E-state index in [-0.39, 0.29) is 19.4 Å². The molecule has 0 bridgehead atoms. The number of nitrogens with one attached hydrogen (secondary N) is 1. The Hall–Kier alpha value is -3.68. The summed E-state index contributed by atoms with van der Waals surface area (Å²) in [6.45, 7) is 5.39. The second kappa shape index (κ2) is 42.7. The van der Waals surface area contributed by atoms with Crippen LogP contribution in [0.4, 0.5) is 0 Å². The third kappa shape index (κ3) is 31.3. The zero-order chi connectivity index (χ0) is 48.3. The van der Waals surface area contributed by atoms with Crippen molar-refractivity contribution in [2.45, 2.75) is 211 Å². The first-order valence-corrected chi connectivity index (χ1v) is 25.3. The molecule has 8 atom stereocenters. The van der Waals surface area contributed by atoms with Crippen LogP contribution < -0.4 is 5.32 Å². The number of rotatable bonds is 39. The highest BCUT2D eigenvalue weighted by Crippen LogP contribution is 2.26. The number of hydrogen-bond acceptors (Lipinski definition) is 10. The van der Waals surface area contributed by atoms with Gasteiger partial charge in [-0.25, -0.2) is 0 Å². The largest absolute Gasteiger partial charge is 0.454 e. The lowest BCUT2D eigenvalue weighted by Crippen LogP contribution is -2.61. The van der Waals surface area contributed by atoms with Gasteiger partial charge >= 0.3 is 5.97 Å².